The molecule has 0 N–H and O–H groups in total. The summed E-state index contributed by atoms with van der Waals surface area (Å²) in [4.78, 5) is 12.5. The lowest BCUT2D eigenvalue weighted by molar-refractivity contribution is 0.0854. The van der Waals surface area contributed by atoms with E-state index in [2.05, 4.69) is 6.07 Å². The van der Waals surface area contributed by atoms with Crippen molar-refractivity contribution in [2.24, 2.45) is 5.41 Å². The Balaban J connectivity index is 2.22. The number of rotatable bonds is 1. The summed E-state index contributed by atoms with van der Waals surface area (Å²) >= 11 is 0. The lowest BCUT2D eigenvalue weighted by atomic mass is 9.72. The molecule has 0 heterocycles. The number of carbonyl (C=O) groups excluding carboxylic acids is 1. The molecule has 0 bridgehead atoms. The van der Waals surface area contributed by atoms with Crippen molar-refractivity contribution < 1.29 is 9.53 Å². The molecular weight excluding hydrogens is 250 g/mol. The highest BCUT2D eigenvalue weighted by Gasteiger charge is 2.39. The average molecular weight is 265 g/mol. The number of Topliss-reactive ketones (excluding diaryl/α,β-unsaturated/α-hetero) is 1. The summed E-state index contributed by atoms with van der Waals surface area (Å²) < 4.78 is 5.23. The van der Waals surface area contributed by atoms with Gasteiger partial charge in [-0.1, -0.05) is 18.2 Å². The Kier molecular flexibility index (Phi) is 2.76. The molecule has 3 heteroatoms. The number of ether oxygens (including phenoxy) is 1. The van der Waals surface area contributed by atoms with Gasteiger partial charge in [0.25, 0.3) is 0 Å². The van der Waals surface area contributed by atoms with E-state index < -0.39 is 5.41 Å². The van der Waals surface area contributed by atoms with Crippen LogP contribution in [0.4, 0.5) is 0 Å². The van der Waals surface area contributed by atoms with Crippen molar-refractivity contribution in [3.63, 3.8) is 0 Å². The van der Waals surface area contributed by atoms with Gasteiger partial charge >= 0.3 is 0 Å². The quantitative estimate of drug-likeness (QED) is 0.792. The molecule has 0 amide bonds. The molecule has 0 fully saturated rings. The summed E-state index contributed by atoms with van der Waals surface area (Å²) in [6, 6.07) is 11.8. The maximum absolute atomic E-state index is 12.5. The molecule has 1 aliphatic carbocycles. The van der Waals surface area contributed by atoms with E-state index in [1.165, 1.54) is 0 Å². The number of hydrogen-bond donors (Lipinski definition) is 0. The van der Waals surface area contributed by atoms with E-state index in [4.69, 9.17) is 4.74 Å². The number of nitriles is 1. The number of carbonyl (C=O) groups is 1. The van der Waals surface area contributed by atoms with Crippen LogP contribution < -0.4 is 4.74 Å². The minimum Gasteiger partial charge on any atom is -0.497 e. The standard InChI is InChI=1S/C17H15NO2/c1-17(10-18)8-7-14-13-6-4-12(20-2)9-11(13)3-5-15(14)16(17)19/h3-6,9H,7-8H2,1-2H3/t17-/m1/s1. The number of benzene rings is 2. The zero-order valence-electron chi connectivity index (χ0n) is 11.6. The zero-order valence-corrected chi connectivity index (χ0v) is 11.6. The van der Waals surface area contributed by atoms with E-state index in [9.17, 15) is 10.1 Å². The van der Waals surface area contributed by atoms with Gasteiger partial charge in [-0.05, 0) is 48.2 Å². The van der Waals surface area contributed by atoms with Crippen LogP contribution in [0.1, 0.15) is 29.3 Å². The van der Waals surface area contributed by atoms with E-state index >= 15 is 0 Å². The summed E-state index contributed by atoms with van der Waals surface area (Å²) in [5.74, 6) is 0.750. The highest BCUT2D eigenvalue weighted by Crippen LogP contribution is 2.38. The van der Waals surface area contributed by atoms with E-state index in [1.54, 1.807) is 14.0 Å². The van der Waals surface area contributed by atoms with Crippen LogP contribution in [0, 0.1) is 16.7 Å². The summed E-state index contributed by atoms with van der Waals surface area (Å²) in [7, 11) is 1.64. The smallest absolute Gasteiger partial charge is 0.183 e. The second-order valence-electron chi connectivity index (χ2n) is 5.45. The molecular formula is C17H15NO2. The first-order valence-corrected chi connectivity index (χ1v) is 6.65. The van der Waals surface area contributed by atoms with Crippen LogP contribution in [0.15, 0.2) is 30.3 Å². The molecule has 3 nitrogen and oxygen atoms in total. The molecule has 0 saturated carbocycles. The SMILES string of the molecule is COc1ccc2c3c(ccc2c1)C(=O)[C@@](C)(C#N)CC3. The lowest BCUT2D eigenvalue weighted by Gasteiger charge is -2.28. The van der Waals surface area contributed by atoms with Crippen molar-refractivity contribution in [1.82, 2.24) is 0 Å². The van der Waals surface area contributed by atoms with Crippen molar-refractivity contribution in [3.8, 4) is 11.8 Å². The van der Waals surface area contributed by atoms with Gasteiger partial charge in [0.2, 0.25) is 0 Å². The van der Waals surface area contributed by atoms with E-state index in [0.717, 1.165) is 28.5 Å². The Bertz CT molecular complexity index is 757. The van der Waals surface area contributed by atoms with Gasteiger partial charge < -0.3 is 4.74 Å². The second-order valence-corrected chi connectivity index (χ2v) is 5.45. The minimum atomic E-state index is -0.882. The number of aryl methyl sites for hydroxylation is 1. The fraction of sp³-hybridized carbons (Fsp3) is 0.294. The van der Waals surface area contributed by atoms with Crippen LogP contribution in [0.25, 0.3) is 10.8 Å². The molecule has 0 unspecified atom stereocenters. The van der Waals surface area contributed by atoms with Gasteiger partial charge in [0, 0.05) is 5.56 Å². The minimum absolute atomic E-state index is 0.0565. The number of methoxy groups -OCH3 is 1. The molecule has 0 spiro atoms. The van der Waals surface area contributed by atoms with E-state index in [1.807, 2.05) is 30.3 Å². The monoisotopic (exact) mass is 265 g/mol. The molecule has 3 rings (SSSR count). The van der Waals surface area contributed by atoms with Gasteiger partial charge in [-0.15, -0.1) is 0 Å². The Morgan fingerprint density at radius 1 is 1.30 bits per heavy atom. The maximum Gasteiger partial charge on any atom is 0.183 e. The summed E-state index contributed by atoms with van der Waals surface area (Å²) in [5.41, 5.74) is 0.869. The highest BCUT2D eigenvalue weighted by atomic mass is 16.5. The number of fused-ring (bicyclic) bond motifs is 3. The largest absolute Gasteiger partial charge is 0.497 e. The first-order valence-electron chi connectivity index (χ1n) is 6.65. The molecule has 0 aromatic heterocycles. The summed E-state index contributed by atoms with van der Waals surface area (Å²) in [6.07, 6.45) is 1.34. The van der Waals surface area contributed by atoms with Gasteiger partial charge in [0.1, 0.15) is 11.2 Å². The summed E-state index contributed by atoms with van der Waals surface area (Å²) in [6.45, 7) is 1.73. The van der Waals surface area contributed by atoms with Crippen molar-refractivity contribution in [1.29, 1.82) is 5.26 Å². The first-order chi connectivity index (χ1) is 9.59. The fourth-order valence-electron chi connectivity index (χ4n) is 2.87. The Morgan fingerprint density at radius 2 is 2.10 bits per heavy atom. The van der Waals surface area contributed by atoms with Crippen LogP contribution >= 0.6 is 0 Å². The van der Waals surface area contributed by atoms with Crippen LogP contribution in [0.5, 0.6) is 5.75 Å². The van der Waals surface area contributed by atoms with E-state index in [-0.39, 0.29) is 5.78 Å². The average Bonchev–Trinajstić information content (AvgIpc) is 2.50. The summed E-state index contributed by atoms with van der Waals surface area (Å²) in [5, 5.41) is 11.4. The molecule has 1 aliphatic rings. The van der Waals surface area contributed by atoms with Crippen molar-refractivity contribution in [3.05, 3.63) is 41.5 Å². The molecule has 1 atom stereocenters. The second kappa shape index (κ2) is 4.35. The molecule has 20 heavy (non-hydrogen) atoms. The van der Waals surface area contributed by atoms with Crippen molar-refractivity contribution >= 4 is 16.6 Å². The van der Waals surface area contributed by atoms with Crippen molar-refractivity contribution in [2.45, 2.75) is 19.8 Å². The Morgan fingerprint density at radius 3 is 2.80 bits per heavy atom. The predicted molar refractivity (Wildman–Crippen MR) is 76.9 cm³/mol. The number of nitrogens with zero attached hydrogens (tertiary/aromatic N) is 1. The zero-order chi connectivity index (χ0) is 14.3. The van der Waals surface area contributed by atoms with Gasteiger partial charge in [0.05, 0.1) is 13.2 Å². The third-order valence-corrected chi connectivity index (χ3v) is 4.21. The molecule has 100 valence electrons. The van der Waals surface area contributed by atoms with Crippen LogP contribution in [-0.4, -0.2) is 12.9 Å². The molecule has 0 radical (unpaired) electrons. The number of ketones is 1. The van der Waals surface area contributed by atoms with Gasteiger partial charge in [-0.2, -0.15) is 5.26 Å². The fourth-order valence-corrected chi connectivity index (χ4v) is 2.87. The highest BCUT2D eigenvalue weighted by molar-refractivity contribution is 6.08. The van der Waals surface area contributed by atoms with Crippen LogP contribution in [0.3, 0.4) is 0 Å². The molecule has 2 aromatic carbocycles. The van der Waals surface area contributed by atoms with Gasteiger partial charge in [-0.25, -0.2) is 0 Å². The van der Waals surface area contributed by atoms with Gasteiger partial charge in [-0.3, -0.25) is 4.79 Å². The van der Waals surface area contributed by atoms with Crippen molar-refractivity contribution in [2.75, 3.05) is 7.11 Å². The lowest BCUT2D eigenvalue weighted by Crippen LogP contribution is -2.31. The molecule has 2 aromatic rings. The predicted octanol–water partition coefficient (Wildman–Crippen LogP) is 3.51. The van der Waals surface area contributed by atoms with Crippen LogP contribution in [-0.2, 0) is 6.42 Å². The first kappa shape index (κ1) is 12.7. The number of hydrogen-bond acceptors (Lipinski definition) is 3. The third kappa shape index (κ3) is 1.69. The molecule has 0 aliphatic heterocycles. The van der Waals surface area contributed by atoms with E-state index in [0.29, 0.717) is 12.0 Å². The van der Waals surface area contributed by atoms with Gasteiger partial charge in [0.15, 0.2) is 5.78 Å². The Hall–Kier alpha value is -2.34. The third-order valence-electron chi connectivity index (χ3n) is 4.21. The maximum atomic E-state index is 12.5. The normalized spacial score (nSPS) is 21.4. The Labute approximate surface area is 117 Å². The topological polar surface area (TPSA) is 50.1 Å². The van der Waals surface area contributed by atoms with Crippen LogP contribution in [0.2, 0.25) is 0 Å². The molecule has 0 saturated heterocycles.